The van der Waals surface area contributed by atoms with Crippen LogP contribution in [0.2, 0.25) is 0 Å². The van der Waals surface area contributed by atoms with E-state index >= 15 is 0 Å². The van der Waals surface area contributed by atoms with Crippen molar-refractivity contribution < 1.29 is 18.3 Å². The van der Waals surface area contributed by atoms with Crippen molar-refractivity contribution >= 4 is 17.2 Å². The number of anilines is 1. The number of alkyl halides is 2. The van der Waals surface area contributed by atoms with Crippen LogP contribution in [-0.4, -0.2) is 36.9 Å². The number of hydrogen-bond acceptors (Lipinski definition) is 5. The van der Waals surface area contributed by atoms with E-state index in [1.165, 1.54) is 10.7 Å². The molecule has 4 rings (SSSR count). The topological polar surface area (TPSA) is 86.3 Å². The van der Waals surface area contributed by atoms with E-state index < -0.39 is 12.5 Å². The Morgan fingerprint density at radius 3 is 2.89 bits per heavy atom. The van der Waals surface area contributed by atoms with Gasteiger partial charge in [0.05, 0.1) is 18.4 Å². The lowest BCUT2D eigenvalue weighted by Gasteiger charge is -2.21. The second kappa shape index (κ2) is 7.29. The van der Waals surface area contributed by atoms with E-state index in [1.54, 1.807) is 29.3 Å². The summed E-state index contributed by atoms with van der Waals surface area (Å²) in [4.78, 5) is 16.7. The quantitative estimate of drug-likeness (QED) is 0.738. The number of rotatable bonds is 5. The molecule has 0 aliphatic heterocycles. The maximum atomic E-state index is 12.8. The monoisotopic (exact) mass is 376 g/mol. The second-order valence-electron chi connectivity index (χ2n) is 6.40. The van der Waals surface area contributed by atoms with Crippen LogP contribution in [-0.2, 0) is 0 Å². The fraction of sp³-hybridized carbons (Fsp3) is 0.412. The summed E-state index contributed by atoms with van der Waals surface area (Å²) in [7, 11) is 0. The van der Waals surface area contributed by atoms with Gasteiger partial charge in [0.25, 0.3) is 11.8 Å². The van der Waals surface area contributed by atoms with Crippen LogP contribution in [0.25, 0.3) is 5.65 Å². The number of amides is 1. The fourth-order valence-electron chi connectivity index (χ4n) is 3.34. The van der Waals surface area contributed by atoms with E-state index in [4.69, 9.17) is 0 Å². The lowest BCUT2D eigenvalue weighted by atomic mass is 9.96. The minimum Gasteiger partial charge on any atom is -0.413 e. The summed E-state index contributed by atoms with van der Waals surface area (Å²) in [6, 6.07) is 1.80. The Balaban J connectivity index is 1.61. The molecule has 3 aromatic heterocycles. The van der Waals surface area contributed by atoms with Crippen LogP contribution in [0.3, 0.4) is 0 Å². The van der Waals surface area contributed by atoms with E-state index in [0.29, 0.717) is 5.65 Å². The lowest BCUT2D eigenvalue weighted by Crippen LogP contribution is -2.13. The number of hydrogen-bond donors (Lipinski definition) is 1. The average molecular weight is 376 g/mol. The first-order valence-electron chi connectivity index (χ1n) is 8.75. The minimum atomic E-state index is -3.03. The highest BCUT2D eigenvalue weighted by Gasteiger charge is 2.23. The molecule has 0 bridgehead atoms. The first-order chi connectivity index (χ1) is 13.1. The Bertz CT molecular complexity index is 948. The minimum absolute atomic E-state index is 0.0983. The van der Waals surface area contributed by atoms with Crippen LogP contribution in [0.5, 0.6) is 5.88 Å². The van der Waals surface area contributed by atoms with E-state index in [9.17, 15) is 13.6 Å². The third kappa shape index (κ3) is 3.60. The van der Waals surface area contributed by atoms with Crippen molar-refractivity contribution in [2.45, 2.75) is 44.8 Å². The highest BCUT2D eigenvalue weighted by atomic mass is 19.3. The van der Waals surface area contributed by atoms with Gasteiger partial charge in [-0.1, -0.05) is 19.3 Å². The van der Waals surface area contributed by atoms with Crippen molar-refractivity contribution in [1.29, 1.82) is 0 Å². The van der Waals surface area contributed by atoms with Gasteiger partial charge in [0.2, 0.25) is 0 Å². The number of carbonyl (C=O) groups excluding carboxylic acids is 1. The smallest absolute Gasteiger partial charge is 0.388 e. The van der Waals surface area contributed by atoms with Crippen molar-refractivity contribution in [2.24, 2.45) is 0 Å². The molecule has 10 heteroatoms. The molecule has 3 aromatic rings. The summed E-state index contributed by atoms with van der Waals surface area (Å²) in [5.41, 5.74) is 0.691. The van der Waals surface area contributed by atoms with Crippen LogP contribution in [0.4, 0.5) is 14.5 Å². The van der Waals surface area contributed by atoms with Crippen LogP contribution >= 0.6 is 0 Å². The van der Waals surface area contributed by atoms with Gasteiger partial charge in [-0.3, -0.25) is 9.48 Å². The Labute approximate surface area is 153 Å². The zero-order chi connectivity index (χ0) is 18.8. The molecule has 3 heterocycles. The number of nitrogens with one attached hydrogen (secondary N) is 1. The SMILES string of the molecule is O=C(Nc1cn(C2CCCCC2)nc1OC(F)F)c1cnn2cccnc12. The number of fused-ring (bicyclic) bond motifs is 1. The summed E-state index contributed by atoms with van der Waals surface area (Å²) in [6.45, 7) is -3.03. The van der Waals surface area contributed by atoms with E-state index in [-0.39, 0.29) is 23.2 Å². The maximum Gasteiger partial charge on any atom is 0.388 e. The van der Waals surface area contributed by atoms with Gasteiger partial charge in [0, 0.05) is 12.4 Å². The van der Waals surface area contributed by atoms with E-state index in [1.807, 2.05) is 0 Å². The van der Waals surface area contributed by atoms with Gasteiger partial charge in [-0.25, -0.2) is 9.50 Å². The van der Waals surface area contributed by atoms with Crippen molar-refractivity contribution in [2.75, 3.05) is 5.32 Å². The van der Waals surface area contributed by atoms with Gasteiger partial charge >= 0.3 is 6.61 Å². The number of aromatic nitrogens is 5. The summed E-state index contributed by atoms with van der Waals surface area (Å²) in [6.07, 6.45) is 11.2. The maximum absolute atomic E-state index is 12.8. The largest absolute Gasteiger partial charge is 0.413 e. The van der Waals surface area contributed by atoms with Crippen LogP contribution in [0.1, 0.15) is 48.5 Å². The molecule has 0 saturated heterocycles. The molecule has 0 spiro atoms. The molecule has 1 aliphatic rings. The van der Waals surface area contributed by atoms with Crippen molar-refractivity contribution in [3.8, 4) is 5.88 Å². The summed E-state index contributed by atoms with van der Waals surface area (Å²) in [5, 5.41) is 10.8. The highest BCUT2D eigenvalue weighted by molar-refractivity contribution is 6.08. The third-order valence-electron chi connectivity index (χ3n) is 4.62. The Hall–Kier alpha value is -3.04. The van der Waals surface area contributed by atoms with Crippen LogP contribution < -0.4 is 10.1 Å². The number of nitrogens with zero attached hydrogens (tertiary/aromatic N) is 5. The van der Waals surface area contributed by atoms with Crippen molar-refractivity contribution in [3.05, 3.63) is 36.4 Å². The number of carbonyl (C=O) groups is 1. The fourth-order valence-corrected chi connectivity index (χ4v) is 3.34. The third-order valence-corrected chi connectivity index (χ3v) is 4.62. The molecule has 0 unspecified atom stereocenters. The molecular weight excluding hydrogens is 358 g/mol. The van der Waals surface area contributed by atoms with Crippen molar-refractivity contribution in [1.82, 2.24) is 24.4 Å². The Kier molecular flexibility index (Phi) is 4.69. The Morgan fingerprint density at radius 2 is 2.11 bits per heavy atom. The summed E-state index contributed by atoms with van der Waals surface area (Å²) < 4.78 is 33.1. The standard InChI is InChI=1S/C17H18F2N6O2/c18-17(19)27-16-13(10-25(23-16)11-5-2-1-3-6-11)22-15(26)12-9-21-24-8-4-7-20-14(12)24/h4,7-11,17H,1-3,5-6H2,(H,22,26). The van der Waals surface area contributed by atoms with Gasteiger partial charge in [0.15, 0.2) is 5.65 Å². The van der Waals surface area contributed by atoms with Gasteiger partial charge in [-0.05, 0) is 18.9 Å². The molecule has 142 valence electrons. The Morgan fingerprint density at radius 1 is 1.30 bits per heavy atom. The number of halogens is 2. The van der Waals surface area contributed by atoms with Gasteiger partial charge in [-0.2, -0.15) is 13.9 Å². The van der Waals surface area contributed by atoms with Gasteiger partial charge in [-0.15, -0.1) is 5.10 Å². The zero-order valence-electron chi connectivity index (χ0n) is 14.4. The predicted molar refractivity (Wildman–Crippen MR) is 91.9 cm³/mol. The van der Waals surface area contributed by atoms with Crippen molar-refractivity contribution in [3.63, 3.8) is 0 Å². The summed E-state index contributed by atoms with van der Waals surface area (Å²) >= 11 is 0. The molecule has 1 aliphatic carbocycles. The van der Waals surface area contributed by atoms with Gasteiger partial charge in [0.1, 0.15) is 11.3 Å². The molecule has 0 radical (unpaired) electrons. The van der Waals surface area contributed by atoms with Crippen LogP contribution in [0.15, 0.2) is 30.9 Å². The molecule has 1 N–H and O–H groups in total. The molecule has 27 heavy (non-hydrogen) atoms. The van der Waals surface area contributed by atoms with E-state index in [0.717, 1.165) is 32.1 Å². The molecule has 1 amide bonds. The average Bonchev–Trinajstić information content (AvgIpc) is 3.26. The molecule has 0 atom stereocenters. The first-order valence-corrected chi connectivity index (χ1v) is 8.75. The first kappa shape index (κ1) is 17.4. The number of ether oxygens (including phenoxy) is 1. The normalized spacial score (nSPS) is 15.4. The predicted octanol–water partition coefficient (Wildman–Crippen LogP) is 3.28. The molecular formula is C17H18F2N6O2. The molecule has 0 aromatic carbocycles. The zero-order valence-corrected chi connectivity index (χ0v) is 14.4. The second-order valence-corrected chi connectivity index (χ2v) is 6.40. The molecule has 1 saturated carbocycles. The lowest BCUT2D eigenvalue weighted by molar-refractivity contribution is -0.0529. The van der Waals surface area contributed by atoms with E-state index in [2.05, 4.69) is 25.2 Å². The summed E-state index contributed by atoms with van der Waals surface area (Å²) in [5.74, 6) is -0.820. The van der Waals surface area contributed by atoms with Gasteiger partial charge < -0.3 is 10.1 Å². The molecule has 1 fully saturated rings. The highest BCUT2D eigenvalue weighted by Crippen LogP contribution is 2.32. The molecule has 8 nitrogen and oxygen atoms in total. The van der Waals surface area contributed by atoms with Crippen LogP contribution in [0, 0.1) is 0 Å².